The number of anilines is 1. The van der Waals surface area contributed by atoms with Crippen molar-refractivity contribution in [2.75, 3.05) is 19.0 Å². The first-order valence-electron chi connectivity index (χ1n) is 8.49. The molecule has 1 N–H and O–H groups in total. The molecule has 0 bridgehead atoms. The zero-order valence-electron chi connectivity index (χ0n) is 15.3. The van der Waals surface area contributed by atoms with Gasteiger partial charge in [0, 0.05) is 17.0 Å². The Morgan fingerprint density at radius 3 is 2.72 bits per heavy atom. The highest BCUT2D eigenvalue weighted by molar-refractivity contribution is 5.94. The standard InChI is InChI=1S/C20H17F2NO6/c1-26-13-6-7-14-12(10-27-17(14)9-13)8-19(25)28-11-18(24)23-15-4-2-3-5-16(15)29-20(21)22/h2-7,9-10,20H,8,11H2,1H3,(H,23,24). The van der Waals surface area contributed by atoms with E-state index in [0.717, 1.165) is 5.39 Å². The van der Waals surface area contributed by atoms with Crippen molar-refractivity contribution in [1.82, 2.24) is 0 Å². The van der Waals surface area contributed by atoms with Gasteiger partial charge in [0.25, 0.3) is 5.91 Å². The van der Waals surface area contributed by atoms with Gasteiger partial charge in [-0.15, -0.1) is 0 Å². The molecule has 3 aromatic rings. The number of hydrogen-bond acceptors (Lipinski definition) is 6. The summed E-state index contributed by atoms with van der Waals surface area (Å²) in [6, 6.07) is 10.9. The number of ether oxygens (including phenoxy) is 3. The molecule has 1 heterocycles. The normalized spacial score (nSPS) is 10.8. The van der Waals surface area contributed by atoms with Gasteiger partial charge < -0.3 is 23.9 Å². The third-order valence-electron chi connectivity index (χ3n) is 3.94. The van der Waals surface area contributed by atoms with Crippen LogP contribution in [0.1, 0.15) is 5.56 Å². The Bertz CT molecular complexity index is 1020. The summed E-state index contributed by atoms with van der Waals surface area (Å²) in [4.78, 5) is 24.0. The van der Waals surface area contributed by atoms with E-state index >= 15 is 0 Å². The third-order valence-corrected chi connectivity index (χ3v) is 3.94. The average molecular weight is 405 g/mol. The fourth-order valence-corrected chi connectivity index (χ4v) is 2.63. The fraction of sp³-hybridized carbons (Fsp3) is 0.200. The molecule has 0 aliphatic rings. The number of esters is 1. The van der Waals surface area contributed by atoms with Crippen molar-refractivity contribution in [3.63, 3.8) is 0 Å². The van der Waals surface area contributed by atoms with Gasteiger partial charge in [0.15, 0.2) is 6.61 Å². The van der Waals surface area contributed by atoms with Gasteiger partial charge in [-0.3, -0.25) is 9.59 Å². The van der Waals surface area contributed by atoms with Crippen molar-refractivity contribution in [2.24, 2.45) is 0 Å². The predicted octanol–water partition coefficient (Wildman–Crippen LogP) is 3.77. The van der Waals surface area contributed by atoms with Gasteiger partial charge in [0.2, 0.25) is 0 Å². The maximum atomic E-state index is 12.4. The summed E-state index contributed by atoms with van der Waals surface area (Å²) in [5, 5.41) is 3.09. The molecule has 0 saturated heterocycles. The average Bonchev–Trinajstić information content (AvgIpc) is 3.09. The Morgan fingerprint density at radius 1 is 1.17 bits per heavy atom. The van der Waals surface area contributed by atoms with E-state index < -0.39 is 25.1 Å². The molecule has 0 unspecified atom stereocenters. The summed E-state index contributed by atoms with van der Waals surface area (Å²) in [5.74, 6) is -0.905. The minimum Gasteiger partial charge on any atom is -0.497 e. The molecule has 29 heavy (non-hydrogen) atoms. The highest BCUT2D eigenvalue weighted by atomic mass is 19.3. The van der Waals surface area contributed by atoms with Crippen LogP contribution in [0.4, 0.5) is 14.5 Å². The zero-order valence-corrected chi connectivity index (χ0v) is 15.3. The number of carbonyl (C=O) groups is 2. The number of para-hydroxylation sites is 2. The van der Waals surface area contributed by atoms with Crippen LogP contribution in [0.3, 0.4) is 0 Å². The highest BCUT2D eigenvalue weighted by Gasteiger charge is 2.15. The maximum Gasteiger partial charge on any atom is 0.387 e. The molecule has 7 nitrogen and oxygen atoms in total. The number of carbonyl (C=O) groups excluding carboxylic acids is 2. The molecular weight excluding hydrogens is 388 g/mol. The molecule has 0 aliphatic carbocycles. The van der Waals surface area contributed by atoms with Crippen LogP contribution in [0.2, 0.25) is 0 Å². The number of methoxy groups -OCH3 is 1. The molecule has 0 fully saturated rings. The van der Waals surface area contributed by atoms with E-state index in [4.69, 9.17) is 13.9 Å². The first-order chi connectivity index (χ1) is 14.0. The van der Waals surface area contributed by atoms with E-state index in [1.54, 1.807) is 24.3 Å². The summed E-state index contributed by atoms with van der Waals surface area (Å²) in [6.07, 6.45) is 1.33. The van der Waals surface area contributed by atoms with Crippen LogP contribution in [-0.2, 0) is 20.7 Å². The largest absolute Gasteiger partial charge is 0.497 e. The summed E-state index contributed by atoms with van der Waals surface area (Å²) in [5.41, 5.74) is 1.20. The Kier molecular flexibility index (Phi) is 6.28. The monoisotopic (exact) mass is 405 g/mol. The third kappa shape index (κ3) is 5.22. The summed E-state index contributed by atoms with van der Waals surface area (Å²) < 4.78 is 44.6. The van der Waals surface area contributed by atoms with Gasteiger partial charge in [-0.05, 0) is 24.3 Å². The molecule has 1 aromatic heterocycles. The molecular formula is C20H17F2NO6. The van der Waals surface area contributed by atoms with Gasteiger partial charge in [-0.2, -0.15) is 8.78 Å². The molecule has 152 valence electrons. The van der Waals surface area contributed by atoms with Crippen molar-refractivity contribution in [3.8, 4) is 11.5 Å². The second-order valence-corrected chi connectivity index (χ2v) is 5.88. The van der Waals surface area contributed by atoms with Crippen molar-refractivity contribution in [2.45, 2.75) is 13.0 Å². The zero-order chi connectivity index (χ0) is 20.8. The van der Waals surface area contributed by atoms with Crippen LogP contribution < -0.4 is 14.8 Å². The number of alkyl halides is 2. The van der Waals surface area contributed by atoms with E-state index in [1.807, 2.05) is 0 Å². The molecule has 2 aromatic carbocycles. The smallest absolute Gasteiger partial charge is 0.387 e. The Balaban J connectivity index is 1.55. The second kappa shape index (κ2) is 9.05. The number of hydrogen-bond donors (Lipinski definition) is 1. The maximum absolute atomic E-state index is 12.4. The minimum atomic E-state index is -3.03. The Morgan fingerprint density at radius 2 is 1.97 bits per heavy atom. The van der Waals surface area contributed by atoms with Crippen molar-refractivity contribution >= 4 is 28.5 Å². The molecule has 9 heteroatoms. The number of rotatable bonds is 8. The molecule has 0 radical (unpaired) electrons. The molecule has 3 rings (SSSR count). The summed E-state index contributed by atoms with van der Waals surface area (Å²) >= 11 is 0. The van der Waals surface area contributed by atoms with Crippen LogP contribution in [0.15, 0.2) is 53.1 Å². The quantitative estimate of drug-likeness (QED) is 0.574. The van der Waals surface area contributed by atoms with Crippen molar-refractivity contribution < 1.29 is 37.0 Å². The first-order valence-corrected chi connectivity index (χ1v) is 8.49. The minimum absolute atomic E-state index is 0.0450. The number of furan rings is 1. The van der Waals surface area contributed by atoms with E-state index in [9.17, 15) is 18.4 Å². The van der Waals surface area contributed by atoms with E-state index in [0.29, 0.717) is 16.9 Å². The second-order valence-electron chi connectivity index (χ2n) is 5.88. The van der Waals surface area contributed by atoms with Gasteiger partial charge in [0.05, 0.1) is 25.5 Å². The number of amides is 1. The van der Waals surface area contributed by atoms with Gasteiger partial charge in [-0.1, -0.05) is 12.1 Å². The van der Waals surface area contributed by atoms with Crippen LogP contribution in [-0.4, -0.2) is 32.2 Å². The van der Waals surface area contributed by atoms with Crippen molar-refractivity contribution in [1.29, 1.82) is 0 Å². The highest BCUT2D eigenvalue weighted by Crippen LogP contribution is 2.27. The van der Waals surface area contributed by atoms with Crippen molar-refractivity contribution in [3.05, 3.63) is 54.3 Å². The van der Waals surface area contributed by atoms with E-state index in [2.05, 4.69) is 10.1 Å². The summed E-state index contributed by atoms with van der Waals surface area (Å²) in [6.45, 7) is -3.61. The Hall–Kier alpha value is -3.62. The van der Waals surface area contributed by atoms with E-state index in [1.165, 1.54) is 31.6 Å². The van der Waals surface area contributed by atoms with Crippen LogP contribution in [0, 0.1) is 0 Å². The van der Waals surface area contributed by atoms with E-state index in [-0.39, 0.29) is 17.9 Å². The number of benzene rings is 2. The number of fused-ring (bicyclic) bond motifs is 1. The fourth-order valence-electron chi connectivity index (χ4n) is 2.63. The van der Waals surface area contributed by atoms with Crippen LogP contribution >= 0.6 is 0 Å². The molecule has 0 spiro atoms. The molecule has 0 atom stereocenters. The lowest BCUT2D eigenvalue weighted by molar-refractivity contribution is -0.146. The lowest BCUT2D eigenvalue weighted by Crippen LogP contribution is -2.22. The summed E-state index contributed by atoms with van der Waals surface area (Å²) in [7, 11) is 1.53. The lowest BCUT2D eigenvalue weighted by atomic mass is 10.1. The van der Waals surface area contributed by atoms with Crippen LogP contribution in [0.5, 0.6) is 11.5 Å². The number of nitrogens with one attached hydrogen (secondary N) is 1. The predicted molar refractivity (Wildman–Crippen MR) is 99.1 cm³/mol. The van der Waals surface area contributed by atoms with Gasteiger partial charge in [-0.25, -0.2) is 0 Å². The lowest BCUT2D eigenvalue weighted by Gasteiger charge is -2.11. The van der Waals surface area contributed by atoms with Gasteiger partial charge >= 0.3 is 12.6 Å². The SMILES string of the molecule is COc1ccc2c(CC(=O)OCC(=O)Nc3ccccc3OC(F)F)coc2c1. The topological polar surface area (TPSA) is 87.0 Å². The van der Waals surface area contributed by atoms with Crippen LogP contribution in [0.25, 0.3) is 11.0 Å². The van der Waals surface area contributed by atoms with Gasteiger partial charge in [0.1, 0.15) is 17.1 Å². The first kappa shape index (κ1) is 20.1. The molecule has 0 aliphatic heterocycles. The molecule has 1 amide bonds. The number of halogens is 2. The Labute approximate surface area is 164 Å². The molecule has 0 saturated carbocycles.